The van der Waals surface area contributed by atoms with E-state index >= 15 is 0 Å². The van der Waals surface area contributed by atoms with Crippen molar-refractivity contribution in [3.63, 3.8) is 0 Å². The maximum Gasteiger partial charge on any atom is 0.276 e. The molecule has 0 saturated carbocycles. The van der Waals surface area contributed by atoms with Crippen LogP contribution in [0.5, 0.6) is 11.5 Å². The predicted molar refractivity (Wildman–Crippen MR) is 106 cm³/mol. The Morgan fingerprint density at radius 1 is 1.07 bits per heavy atom. The number of amides is 2. The normalized spacial score (nSPS) is 11.4. The van der Waals surface area contributed by atoms with Crippen LogP contribution in [0, 0.1) is 0 Å². The summed E-state index contributed by atoms with van der Waals surface area (Å²) in [7, 11) is 1.60. The Balaban J connectivity index is 1.75. The van der Waals surface area contributed by atoms with Gasteiger partial charge in [-0.2, -0.15) is 0 Å². The topological polar surface area (TPSA) is 76.7 Å². The second kappa shape index (κ2) is 10.5. The SMILES string of the molecule is CCc1ccccc1OCC(=O)NNC(=O)C(C)Sc1ccc(OC)cc1. The summed E-state index contributed by atoms with van der Waals surface area (Å²) >= 11 is 1.39. The van der Waals surface area contributed by atoms with Crippen LogP contribution >= 0.6 is 11.8 Å². The molecule has 0 aliphatic carbocycles. The van der Waals surface area contributed by atoms with E-state index < -0.39 is 5.91 Å². The number of methoxy groups -OCH3 is 1. The Morgan fingerprint density at radius 2 is 1.78 bits per heavy atom. The molecule has 2 aromatic rings. The van der Waals surface area contributed by atoms with Gasteiger partial charge in [0.05, 0.1) is 12.4 Å². The highest BCUT2D eigenvalue weighted by Crippen LogP contribution is 2.25. The molecule has 2 aromatic carbocycles. The summed E-state index contributed by atoms with van der Waals surface area (Å²) < 4.78 is 10.6. The van der Waals surface area contributed by atoms with Crippen LogP contribution in [0.15, 0.2) is 53.4 Å². The first kappa shape index (κ1) is 20.6. The molecule has 0 aliphatic rings. The zero-order valence-corrected chi connectivity index (χ0v) is 16.5. The summed E-state index contributed by atoms with van der Waals surface area (Å²) in [6.45, 7) is 3.62. The zero-order valence-electron chi connectivity index (χ0n) is 15.7. The van der Waals surface area contributed by atoms with Crippen LogP contribution in [0.3, 0.4) is 0 Å². The molecule has 0 bridgehead atoms. The van der Waals surface area contributed by atoms with Gasteiger partial charge < -0.3 is 9.47 Å². The molecule has 27 heavy (non-hydrogen) atoms. The van der Waals surface area contributed by atoms with Crippen molar-refractivity contribution in [2.45, 2.75) is 30.4 Å². The summed E-state index contributed by atoms with van der Waals surface area (Å²) in [6, 6.07) is 15.0. The van der Waals surface area contributed by atoms with Crippen LogP contribution in [-0.4, -0.2) is 30.8 Å². The van der Waals surface area contributed by atoms with Crippen molar-refractivity contribution in [3.8, 4) is 11.5 Å². The number of rotatable bonds is 8. The lowest BCUT2D eigenvalue weighted by molar-refractivity contribution is -0.129. The average Bonchev–Trinajstić information content (AvgIpc) is 2.71. The van der Waals surface area contributed by atoms with Gasteiger partial charge in [-0.15, -0.1) is 11.8 Å². The minimum atomic E-state index is -0.420. The molecule has 1 atom stereocenters. The molecular formula is C20H24N2O4S. The van der Waals surface area contributed by atoms with Crippen LogP contribution < -0.4 is 20.3 Å². The number of benzene rings is 2. The van der Waals surface area contributed by atoms with Gasteiger partial charge in [-0.1, -0.05) is 25.1 Å². The maximum atomic E-state index is 12.1. The number of carbonyl (C=O) groups excluding carboxylic acids is 2. The van der Waals surface area contributed by atoms with Crippen molar-refractivity contribution in [2.24, 2.45) is 0 Å². The molecule has 0 fully saturated rings. The van der Waals surface area contributed by atoms with Crippen LogP contribution in [-0.2, 0) is 16.0 Å². The van der Waals surface area contributed by atoms with E-state index in [-0.39, 0.29) is 17.8 Å². The Bertz CT molecular complexity index is 765. The van der Waals surface area contributed by atoms with E-state index in [9.17, 15) is 9.59 Å². The Labute approximate surface area is 163 Å². The van der Waals surface area contributed by atoms with Crippen molar-refractivity contribution in [1.29, 1.82) is 0 Å². The van der Waals surface area contributed by atoms with Gasteiger partial charge >= 0.3 is 0 Å². The minimum absolute atomic E-state index is 0.169. The number of thioether (sulfide) groups is 1. The monoisotopic (exact) mass is 388 g/mol. The number of hydrogen-bond acceptors (Lipinski definition) is 5. The lowest BCUT2D eigenvalue weighted by Crippen LogP contribution is -2.46. The third-order valence-electron chi connectivity index (χ3n) is 3.78. The van der Waals surface area contributed by atoms with Gasteiger partial charge in [-0.25, -0.2) is 0 Å². The van der Waals surface area contributed by atoms with E-state index in [0.717, 1.165) is 22.6 Å². The fourth-order valence-electron chi connectivity index (χ4n) is 2.26. The number of hydrogen-bond donors (Lipinski definition) is 2. The van der Waals surface area contributed by atoms with Crippen LogP contribution in [0.4, 0.5) is 0 Å². The van der Waals surface area contributed by atoms with E-state index in [1.807, 2.05) is 55.5 Å². The first-order valence-corrected chi connectivity index (χ1v) is 9.51. The van der Waals surface area contributed by atoms with Crippen LogP contribution in [0.2, 0.25) is 0 Å². The second-order valence-electron chi connectivity index (χ2n) is 5.72. The van der Waals surface area contributed by atoms with Crippen molar-refractivity contribution in [3.05, 3.63) is 54.1 Å². The number of ether oxygens (including phenoxy) is 2. The highest BCUT2D eigenvalue weighted by atomic mass is 32.2. The number of hydrazine groups is 1. The fraction of sp³-hybridized carbons (Fsp3) is 0.300. The third-order valence-corrected chi connectivity index (χ3v) is 4.89. The molecule has 1 unspecified atom stereocenters. The number of carbonyl (C=O) groups is 2. The van der Waals surface area contributed by atoms with E-state index in [1.54, 1.807) is 14.0 Å². The molecule has 2 rings (SSSR count). The minimum Gasteiger partial charge on any atom is -0.497 e. The fourth-order valence-corrected chi connectivity index (χ4v) is 3.13. The quantitative estimate of drug-likeness (QED) is 0.537. The largest absolute Gasteiger partial charge is 0.497 e. The molecule has 2 amide bonds. The van der Waals surface area contributed by atoms with Gasteiger partial charge in [0.1, 0.15) is 11.5 Å². The Morgan fingerprint density at radius 3 is 2.44 bits per heavy atom. The van der Waals surface area contributed by atoms with Crippen molar-refractivity contribution in [2.75, 3.05) is 13.7 Å². The molecule has 7 heteroatoms. The lowest BCUT2D eigenvalue weighted by atomic mass is 10.1. The van der Waals surface area contributed by atoms with Crippen LogP contribution in [0.1, 0.15) is 19.4 Å². The van der Waals surface area contributed by atoms with Gasteiger partial charge in [0.15, 0.2) is 6.61 Å². The second-order valence-corrected chi connectivity index (χ2v) is 7.14. The third kappa shape index (κ3) is 6.53. The highest BCUT2D eigenvalue weighted by molar-refractivity contribution is 8.00. The van der Waals surface area contributed by atoms with Gasteiger partial charge in [-0.3, -0.25) is 20.4 Å². The molecule has 0 saturated heterocycles. The first-order chi connectivity index (χ1) is 13.0. The number of para-hydroxylation sites is 1. The van der Waals surface area contributed by atoms with E-state index in [2.05, 4.69) is 10.9 Å². The first-order valence-electron chi connectivity index (χ1n) is 8.63. The van der Waals surface area contributed by atoms with Gasteiger partial charge in [0.2, 0.25) is 0 Å². The Kier molecular flexibility index (Phi) is 8.00. The summed E-state index contributed by atoms with van der Waals surface area (Å²) in [4.78, 5) is 25.0. The standard InChI is InChI=1S/C20H24N2O4S/c1-4-15-7-5-6-8-18(15)26-13-19(23)21-22-20(24)14(2)27-17-11-9-16(25-3)10-12-17/h5-12,14H,4,13H2,1-3H3,(H,21,23)(H,22,24). The highest BCUT2D eigenvalue weighted by Gasteiger charge is 2.15. The van der Waals surface area contributed by atoms with Gasteiger partial charge in [0.25, 0.3) is 11.8 Å². The summed E-state index contributed by atoms with van der Waals surface area (Å²) in [5.41, 5.74) is 5.83. The Hall–Kier alpha value is -2.67. The maximum absolute atomic E-state index is 12.1. The van der Waals surface area contributed by atoms with Crippen molar-refractivity contribution < 1.29 is 19.1 Å². The van der Waals surface area contributed by atoms with Crippen molar-refractivity contribution in [1.82, 2.24) is 10.9 Å². The van der Waals surface area contributed by atoms with E-state index in [1.165, 1.54) is 11.8 Å². The van der Waals surface area contributed by atoms with E-state index in [4.69, 9.17) is 9.47 Å². The predicted octanol–water partition coefficient (Wildman–Crippen LogP) is 2.96. The zero-order chi connectivity index (χ0) is 19.6. The van der Waals surface area contributed by atoms with Crippen LogP contribution in [0.25, 0.3) is 0 Å². The molecule has 0 heterocycles. The number of aryl methyl sites for hydroxylation is 1. The summed E-state index contributed by atoms with van der Waals surface area (Å²) in [6.07, 6.45) is 0.814. The van der Waals surface area contributed by atoms with Gasteiger partial charge in [-0.05, 0) is 49.2 Å². The lowest BCUT2D eigenvalue weighted by Gasteiger charge is -2.14. The molecule has 2 N–H and O–H groups in total. The number of nitrogens with one attached hydrogen (secondary N) is 2. The van der Waals surface area contributed by atoms with E-state index in [0.29, 0.717) is 5.75 Å². The molecule has 0 radical (unpaired) electrons. The smallest absolute Gasteiger partial charge is 0.276 e. The molecule has 0 aliphatic heterocycles. The molecule has 144 valence electrons. The molecule has 0 spiro atoms. The van der Waals surface area contributed by atoms with Crippen molar-refractivity contribution >= 4 is 23.6 Å². The molecule has 0 aromatic heterocycles. The molecule has 6 nitrogen and oxygen atoms in total. The average molecular weight is 388 g/mol. The summed E-state index contributed by atoms with van der Waals surface area (Å²) in [5.74, 6) is 0.715. The molecular weight excluding hydrogens is 364 g/mol. The van der Waals surface area contributed by atoms with Gasteiger partial charge in [0, 0.05) is 4.90 Å². The summed E-state index contributed by atoms with van der Waals surface area (Å²) in [5, 5.41) is -0.375.